The lowest BCUT2D eigenvalue weighted by Gasteiger charge is -2.35. The SMILES string of the molecule is O=C(O)CC1CCCN(C(=O)C2COCCN2)C1. The Balaban J connectivity index is 1.87. The van der Waals surface area contributed by atoms with Gasteiger partial charge in [-0.2, -0.15) is 0 Å². The Hall–Kier alpha value is -1.14. The molecule has 0 saturated carbocycles. The molecule has 2 atom stereocenters. The summed E-state index contributed by atoms with van der Waals surface area (Å²) in [4.78, 5) is 24.7. The number of carboxylic acids is 1. The molecule has 102 valence electrons. The van der Waals surface area contributed by atoms with Gasteiger partial charge in [-0.15, -0.1) is 0 Å². The molecular formula is C12H20N2O4. The number of carbonyl (C=O) groups excluding carboxylic acids is 1. The van der Waals surface area contributed by atoms with Crippen LogP contribution in [0.1, 0.15) is 19.3 Å². The third-order valence-electron chi connectivity index (χ3n) is 3.51. The molecule has 2 aliphatic rings. The Labute approximate surface area is 106 Å². The van der Waals surface area contributed by atoms with Gasteiger partial charge in [0.1, 0.15) is 6.04 Å². The molecule has 2 aliphatic heterocycles. The molecule has 2 heterocycles. The van der Waals surface area contributed by atoms with Crippen LogP contribution in [0.3, 0.4) is 0 Å². The summed E-state index contributed by atoms with van der Waals surface area (Å²) in [6.45, 7) is 3.05. The first-order chi connectivity index (χ1) is 8.66. The van der Waals surface area contributed by atoms with Crippen molar-refractivity contribution in [3.63, 3.8) is 0 Å². The zero-order chi connectivity index (χ0) is 13.0. The molecule has 0 aromatic heterocycles. The van der Waals surface area contributed by atoms with Crippen LogP contribution in [0.25, 0.3) is 0 Å². The zero-order valence-corrected chi connectivity index (χ0v) is 10.4. The fraction of sp³-hybridized carbons (Fsp3) is 0.833. The van der Waals surface area contributed by atoms with Gasteiger partial charge >= 0.3 is 5.97 Å². The van der Waals surface area contributed by atoms with E-state index in [-0.39, 0.29) is 24.3 Å². The molecular weight excluding hydrogens is 236 g/mol. The van der Waals surface area contributed by atoms with Crippen LogP contribution in [0.2, 0.25) is 0 Å². The summed E-state index contributed by atoms with van der Waals surface area (Å²) in [5.74, 6) is -0.650. The monoisotopic (exact) mass is 256 g/mol. The minimum absolute atomic E-state index is 0.0461. The van der Waals surface area contributed by atoms with Gasteiger partial charge in [-0.1, -0.05) is 0 Å². The summed E-state index contributed by atoms with van der Waals surface area (Å²) in [5.41, 5.74) is 0. The van der Waals surface area contributed by atoms with Crippen molar-refractivity contribution in [1.82, 2.24) is 10.2 Å². The van der Waals surface area contributed by atoms with Crippen molar-refractivity contribution in [2.24, 2.45) is 5.92 Å². The molecule has 0 spiro atoms. The smallest absolute Gasteiger partial charge is 0.303 e. The number of rotatable bonds is 3. The lowest BCUT2D eigenvalue weighted by molar-refractivity contribution is -0.142. The van der Waals surface area contributed by atoms with Crippen LogP contribution in [0.15, 0.2) is 0 Å². The molecule has 2 N–H and O–H groups in total. The van der Waals surface area contributed by atoms with Crippen LogP contribution in [0, 0.1) is 5.92 Å². The minimum Gasteiger partial charge on any atom is -0.481 e. The number of nitrogens with one attached hydrogen (secondary N) is 1. The Morgan fingerprint density at radius 3 is 2.94 bits per heavy atom. The van der Waals surface area contributed by atoms with E-state index in [0.29, 0.717) is 26.3 Å². The Morgan fingerprint density at radius 2 is 2.28 bits per heavy atom. The lowest BCUT2D eigenvalue weighted by atomic mass is 9.94. The number of hydrogen-bond donors (Lipinski definition) is 2. The highest BCUT2D eigenvalue weighted by molar-refractivity contribution is 5.82. The summed E-state index contributed by atoms with van der Waals surface area (Å²) in [6.07, 6.45) is 1.93. The van der Waals surface area contributed by atoms with E-state index < -0.39 is 5.97 Å². The highest BCUT2D eigenvalue weighted by Crippen LogP contribution is 2.20. The first kappa shape index (κ1) is 13.3. The molecule has 0 radical (unpaired) electrons. The van der Waals surface area contributed by atoms with Gasteiger partial charge in [0, 0.05) is 26.1 Å². The van der Waals surface area contributed by atoms with Gasteiger partial charge in [-0.3, -0.25) is 9.59 Å². The average molecular weight is 256 g/mol. The summed E-state index contributed by atoms with van der Waals surface area (Å²) in [6, 6.07) is -0.262. The number of hydrogen-bond acceptors (Lipinski definition) is 4. The predicted molar refractivity (Wildman–Crippen MR) is 64.2 cm³/mol. The zero-order valence-electron chi connectivity index (χ0n) is 10.4. The summed E-state index contributed by atoms with van der Waals surface area (Å²) >= 11 is 0. The largest absolute Gasteiger partial charge is 0.481 e. The number of ether oxygens (including phenoxy) is 1. The number of nitrogens with zero attached hydrogens (tertiary/aromatic N) is 1. The number of piperidine rings is 1. The van der Waals surface area contributed by atoms with Crippen LogP contribution in [-0.2, 0) is 14.3 Å². The van der Waals surface area contributed by atoms with Gasteiger partial charge in [-0.05, 0) is 18.8 Å². The van der Waals surface area contributed by atoms with E-state index in [2.05, 4.69) is 5.32 Å². The molecule has 2 rings (SSSR count). The number of carbonyl (C=O) groups is 2. The second-order valence-electron chi connectivity index (χ2n) is 4.97. The average Bonchev–Trinajstić information content (AvgIpc) is 2.38. The van der Waals surface area contributed by atoms with Crippen LogP contribution in [-0.4, -0.2) is 60.8 Å². The van der Waals surface area contributed by atoms with E-state index in [1.54, 1.807) is 4.90 Å². The first-order valence-corrected chi connectivity index (χ1v) is 6.48. The fourth-order valence-corrected chi connectivity index (χ4v) is 2.62. The van der Waals surface area contributed by atoms with Gasteiger partial charge in [-0.25, -0.2) is 0 Å². The summed E-state index contributed by atoms with van der Waals surface area (Å²) < 4.78 is 5.28. The van der Waals surface area contributed by atoms with E-state index in [1.165, 1.54) is 0 Å². The summed E-state index contributed by atoms with van der Waals surface area (Å²) in [7, 11) is 0. The molecule has 2 fully saturated rings. The molecule has 0 bridgehead atoms. The van der Waals surface area contributed by atoms with Crippen LogP contribution >= 0.6 is 0 Å². The van der Waals surface area contributed by atoms with Crippen molar-refractivity contribution in [3.8, 4) is 0 Å². The maximum Gasteiger partial charge on any atom is 0.303 e. The van der Waals surface area contributed by atoms with Crippen molar-refractivity contribution in [3.05, 3.63) is 0 Å². The number of likely N-dealkylation sites (tertiary alicyclic amines) is 1. The predicted octanol–water partition coefficient (Wildman–Crippen LogP) is -0.312. The molecule has 6 heteroatoms. The van der Waals surface area contributed by atoms with E-state index in [0.717, 1.165) is 19.4 Å². The molecule has 0 aromatic rings. The van der Waals surface area contributed by atoms with Crippen LogP contribution in [0.4, 0.5) is 0 Å². The van der Waals surface area contributed by atoms with Crippen molar-refractivity contribution in [2.45, 2.75) is 25.3 Å². The third kappa shape index (κ3) is 3.43. The van der Waals surface area contributed by atoms with E-state index in [1.807, 2.05) is 0 Å². The molecule has 0 aromatic carbocycles. The third-order valence-corrected chi connectivity index (χ3v) is 3.51. The molecule has 0 aliphatic carbocycles. The van der Waals surface area contributed by atoms with Gasteiger partial charge in [0.2, 0.25) is 5.91 Å². The Bertz CT molecular complexity index is 315. The van der Waals surface area contributed by atoms with Crippen LogP contribution < -0.4 is 5.32 Å². The highest BCUT2D eigenvalue weighted by Gasteiger charge is 2.30. The number of carboxylic acid groups (broad SMARTS) is 1. The topological polar surface area (TPSA) is 78.9 Å². The normalized spacial score (nSPS) is 29.0. The standard InChI is InChI=1S/C12H20N2O4/c15-11(16)6-9-2-1-4-14(7-9)12(17)10-8-18-5-3-13-10/h9-10,13H,1-8H2,(H,15,16). The Kier molecular flexibility index (Phi) is 4.54. The number of aliphatic carboxylic acids is 1. The highest BCUT2D eigenvalue weighted by atomic mass is 16.5. The van der Waals surface area contributed by atoms with Crippen molar-refractivity contribution < 1.29 is 19.4 Å². The van der Waals surface area contributed by atoms with Gasteiger partial charge in [0.15, 0.2) is 0 Å². The first-order valence-electron chi connectivity index (χ1n) is 6.48. The maximum atomic E-state index is 12.2. The van der Waals surface area contributed by atoms with E-state index in [9.17, 15) is 9.59 Å². The van der Waals surface area contributed by atoms with E-state index >= 15 is 0 Å². The maximum absolute atomic E-state index is 12.2. The quantitative estimate of drug-likeness (QED) is 0.724. The minimum atomic E-state index is -0.784. The van der Waals surface area contributed by atoms with Gasteiger partial charge in [0.05, 0.1) is 13.2 Å². The van der Waals surface area contributed by atoms with Crippen molar-refractivity contribution in [1.29, 1.82) is 0 Å². The van der Waals surface area contributed by atoms with E-state index in [4.69, 9.17) is 9.84 Å². The second-order valence-corrected chi connectivity index (χ2v) is 4.97. The second kappa shape index (κ2) is 6.15. The molecule has 2 unspecified atom stereocenters. The van der Waals surface area contributed by atoms with Gasteiger partial charge in [0.25, 0.3) is 0 Å². The van der Waals surface area contributed by atoms with Gasteiger partial charge < -0.3 is 20.1 Å². The molecule has 2 saturated heterocycles. The van der Waals surface area contributed by atoms with Crippen molar-refractivity contribution >= 4 is 11.9 Å². The lowest BCUT2D eigenvalue weighted by Crippen LogP contribution is -2.54. The Morgan fingerprint density at radius 1 is 1.44 bits per heavy atom. The summed E-state index contributed by atoms with van der Waals surface area (Å²) in [5, 5.41) is 11.9. The molecule has 6 nitrogen and oxygen atoms in total. The molecule has 18 heavy (non-hydrogen) atoms. The van der Waals surface area contributed by atoms with Crippen LogP contribution in [0.5, 0.6) is 0 Å². The molecule has 1 amide bonds. The fourth-order valence-electron chi connectivity index (χ4n) is 2.62. The number of amides is 1. The number of morpholine rings is 1. The van der Waals surface area contributed by atoms with Crippen molar-refractivity contribution in [2.75, 3.05) is 32.8 Å².